The Morgan fingerprint density at radius 3 is 2.88 bits per heavy atom. The molecule has 1 aromatic carbocycles. The van der Waals surface area contributed by atoms with Crippen LogP contribution in [-0.2, 0) is 9.53 Å². The standard InChI is InChI=1S/C17H12N2O5/c1-2-8-23-17(20)13(11-18)10-15-6-7-16(24-15)12-4-3-5-14(9-12)19(21)22/h2-7,9-10H,1,8H2/b13-10-. The first-order valence-corrected chi connectivity index (χ1v) is 6.79. The molecule has 0 saturated carbocycles. The van der Waals surface area contributed by atoms with Crippen molar-refractivity contribution in [3.63, 3.8) is 0 Å². The number of carbonyl (C=O) groups is 1. The van der Waals surface area contributed by atoms with Crippen molar-refractivity contribution in [1.29, 1.82) is 5.26 Å². The quantitative estimate of drug-likeness (QED) is 0.201. The number of esters is 1. The maximum Gasteiger partial charge on any atom is 0.349 e. The molecular weight excluding hydrogens is 312 g/mol. The van der Waals surface area contributed by atoms with Crippen LogP contribution in [0.25, 0.3) is 17.4 Å². The second-order valence-corrected chi connectivity index (χ2v) is 4.57. The van der Waals surface area contributed by atoms with E-state index in [-0.39, 0.29) is 23.6 Å². The number of nitro benzene ring substituents is 1. The Bertz CT molecular complexity index is 858. The zero-order valence-corrected chi connectivity index (χ0v) is 12.5. The summed E-state index contributed by atoms with van der Waals surface area (Å²) >= 11 is 0. The van der Waals surface area contributed by atoms with E-state index >= 15 is 0 Å². The van der Waals surface area contributed by atoms with Crippen molar-refractivity contribution in [2.24, 2.45) is 0 Å². The van der Waals surface area contributed by atoms with Gasteiger partial charge in [-0.05, 0) is 12.1 Å². The number of nitrogens with zero attached hydrogens (tertiary/aromatic N) is 2. The Kier molecular flexibility index (Phi) is 5.26. The van der Waals surface area contributed by atoms with Crippen LogP contribution < -0.4 is 0 Å². The first-order valence-electron chi connectivity index (χ1n) is 6.79. The summed E-state index contributed by atoms with van der Waals surface area (Å²) in [5.74, 6) is -0.156. The van der Waals surface area contributed by atoms with Crippen LogP contribution in [0.15, 0.2) is 59.0 Å². The molecule has 0 aliphatic carbocycles. The minimum Gasteiger partial charge on any atom is -0.457 e. The number of hydrogen-bond acceptors (Lipinski definition) is 6. The number of nitriles is 1. The van der Waals surface area contributed by atoms with Gasteiger partial charge in [0.05, 0.1) is 4.92 Å². The van der Waals surface area contributed by atoms with E-state index in [0.717, 1.165) is 0 Å². The third-order valence-corrected chi connectivity index (χ3v) is 2.93. The monoisotopic (exact) mass is 324 g/mol. The maximum absolute atomic E-state index is 11.7. The third-order valence-electron chi connectivity index (χ3n) is 2.93. The molecule has 0 unspecified atom stereocenters. The molecule has 0 bridgehead atoms. The van der Waals surface area contributed by atoms with Gasteiger partial charge in [0.2, 0.25) is 0 Å². The number of ether oxygens (including phenoxy) is 1. The van der Waals surface area contributed by atoms with Crippen LogP contribution in [0, 0.1) is 21.4 Å². The summed E-state index contributed by atoms with van der Waals surface area (Å²) in [6.07, 6.45) is 2.63. The summed E-state index contributed by atoms with van der Waals surface area (Å²) in [6, 6.07) is 10.8. The molecule has 24 heavy (non-hydrogen) atoms. The number of non-ortho nitro benzene ring substituents is 1. The van der Waals surface area contributed by atoms with E-state index in [9.17, 15) is 14.9 Å². The molecule has 0 saturated heterocycles. The van der Waals surface area contributed by atoms with Crippen LogP contribution in [0.1, 0.15) is 5.76 Å². The number of nitro groups is 1. The predicted octanol–water partition coefficient (Wildman–Crippen LogP) is 3.49. The van der Waals surface area contributed by atoms with Gasteiger partial charge < -0.3 is 9.15 Å². The summed E-state index contributed by atoms with van der Waals surface area (Å²) in [5, 5.41) is 19.8. The van der Waals surface area contributed by atoms with Gasteiger partial charge in [-0.1, -0.05) is 24.8 Å². The Hall–Kier alpha value is -3.66. The molecule has 0 spiro atoms. The molecule has 2 aromatic rings. The summed E-state index contributed by atoms with van der Waals surface area (Å²) in [4.78, 5) is 22.0. The van der Waals surface area contributed by atoms with Crippen molar-refractivity contribution in [1.82, 2.24) is 0 Å². The Morgan fingerprint density at radius 2 is 2.21 bits per heavy atom. The zero-order valence-electron chi connectivity index (χ0n) is 12.5. The fourth-order valence-corrected chi connectivity index (χ4v) is 1.85. The Morgan fingerprint density at radius 1 is 1.42 bits per heavy atom. The van der Waals surface area contributed by atoms with Crippen LogP contribution in [-0.4, -0.2) is 17.5 Å². The highest BCUT2D eigenvalue weighted by atomic mass is 16.6. The van der Waals surface area contributed by atoms with Gasteiger partial charge >= 0.3 is 5.97 Å². The normalized spacial score (nSPS) is 10.7. The summed E-state index contributed by atoms with van der Waals surface area (Å²) in [7, 11) is 0. The average molecular weight is 324 g/mol. The lowest BCUT2D eigenvalue weighted by molar-refractivity contribution is -0.384. The van der Waals surface area contributed by atoms with Crippen molar-refractivity contribution < 1.29 is 18.9 Å². The van der Waals surface area contributed by atoms with E-state index < -0.39 is 10.9 Å². The number of hydrogen-bond donors (Lipinski definition) is 0. The molecule has 0 fully saturated rings. The van der Waals surface area contributed by atoms with Gasteiger partial charge in [-0.2, -0.15) is 5.26 Å². The first kappa shape index (κ1) is 16.7. The lowest BCUT2D eigenvalue weighted by Crippen LogP contribution is -2.06. The number of rotatable bonds is 6. The van der Waals surface area contributed by atoms with Gasteiger partial charge in [0.15, 0.2) is 0 Å². The van der Waals surface area contributed by atoms with E-state index in [1.54, 1.807) is 30.3 Å². The SMILES string of the molecule is C=CCOC(=O)/C(C#N)=C\c1ccc(-c2cccc([N+](=O)[O-])c2)o1. The molecule has 0 atom stereocenters. The van der Waals surface area contributed by atoms with Gasteiger partial charge in [0.1, 0.15) is 29.8 Å². The van der Waals surface area contributed by atoms with E-state index in [1.165, 1.54) is 24.3 Å². The minimum absolute atomic E-state index is 0.00502. The highest BCUT2D eigenvalue weighted by Gasteiger charge is 2.13. The number of benzene rings is 1. The van der Waals surface area contributed by atoms with Crippen molar-refractivity contribution in [2.45, 2.75) is 0 Å². The predicted molar refractivity (Wildman–Crippen MR) is 85.5 cm³/mol. The molecule has 1 heterocycles. The maximum atomic E-state index is 11.7. The Balaban J connectivity index is 2.27. The van der Waals surface area contributed by atoms with E-state index in [2.05, 4.69) is 6.58 Å². The highest BCUT2D eigenvalue weighted by Crippen LogP contribution is 2.26. The fourth-order valence-electron chi connectivity index (χ4n) is 1.85. The zero-order chi connectivity index (χ0) is 17.5. The van der Waals surface area contributed by atoms with E-state index in [0.29, 0.717) is 11.3 Å². The van der Waals surface area contributed by atoms with Crippen molar-refractivity contribution >= 4 is 17.7 Å². The molecule has 0 aliphatic rings. The van der Waals surface area contributed by atoms with Crippen LogP contribution in [0.3, 0.4) is 0 Å². The number of furan rings is 1. The molecule has 120 valence electrons. The Labute approximate surface area is 137 Å². The third kappa shape index (κ3) is 3.96. The molecule has 0 radical (unpaired) electrons. The highest BCUT2D eigenvalue weighted by molar-refractivity contribution is 5.97. The molecule has 0 amide bonds. The lowest BCUT2D eigenvalue weighted by atomic mass is 10.1. The smallest absolute Gasteiger partial charge is 0.349 e. The van der Waals surface area contributed by atoms with Crippen LogP contribution >= 0.6 is 0 Å². The van der Waals surface area contributed by atoms with Gasteiger partial charge in [0.25, 0.3) is 5.69 Å². The van der Waals surface area contributed by atoms with Crippen molar-refractivity contribution in [2.75, 3.05) is 6.61 Å². The molecule has 1 aromatic heterocycles. The van der Waals surface area contributed by atoms with E-state index in [1.807, 2.05) is 0 Å². The second-order valence-electron chi connectivity index (χ2n) is 4.57. The molecular formula is C17H12N2O5. The molecule has 0 aliphatic heterocycles. The molecule has 7 heteroatoms. The van der Waals surface area contributed by atoms with Crippen LogP contribution in [0.2, 0.25) is 0 Å². The average Bonchev–Trinajstić information content (AvgIpc) is 3.06. The molecule has 0 N–H and O–H groups in total. The van der Waals surface area contributed by atoms with E-state index in [4.69, 9.17) is 14.4 Å². The lowest BCUT2D eigenvalue weighted by Gasteiger charge is -1.99. The molecule has 2 rings (SSSR count). The van der Waals surface area contributed by atoms with Crippen LogP contribution in [0.4, 0.5) is 5.69 Å². The van der Waals surface area contributed by atoms with Gasteiger partial charge in [0, 0.05) is 23.8 Å². The molecule has 7 nitrogen and oxygen atoms in total. The second kappa shape index (κ2) is 7.56. The van der Waals surface area contributed by atoms with Crippen LogP contribution in [0.5, 0.6) is 0 Å². The topological polar surface area (TPSA) is 106 Å². The summed E-state index contributed by atoms with van der Waals surface area (Å²) < 4.78 is 10.3. The fraction of sp³-hybridized carbons (Fsp3) is 0.0588. The number of carbonyl (C=O) groups excluding carboxylic acids is 1. The van der Waals surface area contributed by atoms with Gasteiger partial charge in [-0.15, -0.1) is 0 Å². The summed E-state index contributed by atoms with van der Waals surface area (Å²) in [5.41, 5.74) is 0.222. The largest absolute Gasteiger partial charge is 0.457 e. The summed E-state index contributed by atoms with van der Waals surface area (Å²) in [6.45, 7) is 3.41. The van der Waals surface area contributed by atoms with Gasteiger partial charge in [-0.3, -0.25) is 10.1 Å². The van der Waals surface area contributed by atoms with Crippen molar-refractivity contribution in [3.05, 3.63) is 70.5 Å². The van der Waals surface area contributed by atoms with Crippen molar-refractivity contribution in [3.8, 4) is 17.4 Å². The van der Waals surface area contributed by atoms with Gasteiger partial charge in [-0.25, -0.2) is 4.79 Å². The first-order chi connectivity index (χ1) is 11.5. The minimum atomic E-state index is -0.786.